The Balaban J connectivity index is 1.71. The molecule has 1 aliphatic rings. The van der Waals surface area contributed by atoms with Crippen LogP contribution < -0.4 is 10.3 Å². The Morgan fingerprint density at radius 3 is 2.37 bits per heavy atom. The maximum atomic E-state index is 12.5. The van der Waals surface area contributed by atoms with E-state index in [1.807, 2.05) is 12.1 Å². The quantitative estimate of drug-likeness (QED) is 0.893. The monoisotopic (exact) mass is 366 g/mol. The molecule has 2 aromatic rings. The minimum absolute atomic E-state index is 0.146. The highest BCUT2D eigenvalue weighted by atomic mass is 16.3. The van der Waals surface area contributed by atoms with Crippen LogP contribution in [0.3, 0.4) is 0 Å². The summed E-state index contributed by atoms with van der Waals surface area (Å²) < 4.78 is 0. The molecule has 4 nitrogen and oxygen atoms in total. The Morgan fingerprint density at radius 2 is 1.70 bits per heavy atom. The molecular weight excluding hydrogens is 336 g/mol. The van der Waals surface area contributed by atoms with E-state index in [-0.39, 0.29) is 17.1 Å². The highest BCUT2D eigenvalue weighted by molar-refractivity contribution is 5.55. The minimum Gasteiger partial charge on any atom is -0.504 e. The summed E-state index contributed by atoms with van der Waals surface area (Å²) in [7, 11) is 0. The van der Waals surface area contributed by atoms with Gasteiger partial charge in [-0.25, -0.2) is 0 Å². The smallest absolute Gasteiger partial charge is 0.224 e. The highest BCUT2D eigenvalue weighted by Crippen LogP contribution is 2.23. The predicted octanol–water partition coefficient (Wildman–Crippen LogP) is 3.81. The van der Waals surface area contributed by atoms with Crippen LogP contribution in [-0.4, -0.2) is 36.2 Å². The van der Waals surface area contributed by atoms with Gasteiger partial charge in [0.25, 0.3) is 0 Å². The number of rotatable bonds is 4. The Kier molecular flexibility index (Phi) is 5.85. The van der Waals surface area contributed by atoms with Crippen molar-refractivity contribution in [2.24, 2.45) is 0 Å². The molecule has 0 atom stereocenters. The predicted molar refractivity (Wildman–Crippen MR) is 112 cm³/mol. The van der Waals surface area contributed by atoms with Crippen molar-refractivity contribution < 1.29 is 5.11 Å². The molecule has 0 saturated carbocycles. The van der Waals surface area contributed by atoms with Crippen LogP contribution in [0.15, 0.2) is 41.2 Å². The van der Waals surface area contributed by atoms with E-state index in [0.29, 0.717) is 12.1 Å². The molecule has 1 fully saturated rings. The summed E-state index contributed by atoms with van der Waals surface area (Å²) in [4.78, 5) is 17.2. The standard InChI is InChI=1S/C23H30N2O2/c1-16(2)19-7-8-20(23(27)22(26)14-19)15-24-9-11-25(12-10-24)21-13-17(3)5-6-18(21)4/h5-8,13-14,16H,9-12,15H2,1-4H3,(H,26,27). The van der Waals surface area contributed by atoms with Crippen LogP contribution in [0.2, 0.25) is 0 Å². The maximum absolute atomic E-state index is 12.5. The molecule has 27 heavy (non-hydrogen) atoms. The first-order valence-corrected chi connectivity index (χ1v) is 9.76. The van der Waals surface area contributed by atoms with E-state index in [1.54, 1.807) is 6.07 Å². The number of hydrogen-bond donors (Lipinski definition) is 1. The lowest BCUT2D eigenvalue weighted by atomic mass is 10.1. The number of aryl methyl sites for hydroxylation is 2. The van der Waals surface area contributed by atoms with Crippen LogP contribution >= 0.6 is 0 Å². The normalized spacial score (nSPS) is 15.4. The van der Waals surface area contributed by atoms with Gasteiger partial charge in [-0.2, -0.15) is 0 Å². The summed E-state index contributed by atoms with van der Waals surface area (Å²) in [6.45, 7) is 12.7. The van der Waals surface area contributed by atoms with Gasteiger partial charge in [0.15, 0.2) is 5.75 Å². The van der Waals surface area contributed by atoms with Crippen molar-refractivity contribution in [3.63, 3.8) is 0 Å². The Morgan fingerprint density at radius 1 is 1.00 bits per heavy atom. The zero-order valence-corrected chi connectivity index (χ0v) is 16.8. The molecule has 1 aliphatic heterocycles. The van der Waals surface area contributed by atoms with Crippen molar-refractivity contribution in [2.75, 3.05) is 31.1 Å². The minimum atomic E-state index is -0.251. The van der Waals surface area contributed by atoms with Crippen LogP contribution in [-0.2, 0) is 6.54 Å². The van der Waals surface area contributed by atoms with Crippen LogP contribution in [0.1, 0.15) is 42.0 Å². The van der Waals surface area contributed by atoms with Gasteiger partial charge in [-0.05, 0) is 48.6 Å². The van der Waals surface area contributed by atoms with Gasteiger partial charge in [-0.1, -0.05) is 38.1 Å². The number of aromatic hydroxyl groups is 1. The van der Waals surface area contributed by atoms with E-state index in [4.69, 9.17) is 0 Å². The van der Waals surface area contributed by atoms with E-state index in [1.165, 1.54) is 16.8 Å². The van der Waals surface area contributed by atoms with Gasteiger partial charge in [-0.3, -0.25) is 9.69 Å². The van der Waals surface area contributed by atoms with Crippen molar-refractivity contribution in [3.05, 3.63) is 68.9 Å². The third-order valence-corrected chi connectivity index (χ3v) is 5.44. The van der Waals surface area contributed by atoms with Gasteiger partial charge < -0.3 is 10.0 Å². The molecule has 0 radical (unpaired) electrons. The van der Waals surface area contributed by atoms with Gasteiger partial charge in [-0.15, -0.1) is 0 Å². The number of anilines is 1. The third kappa shape index (κ3) is 4.51. The van der Waals surface area contributed by atoms with Gasteiger partial charge in [0, 0.05) is 44.0 Å². The van der Waals surface area contributed by atoms with E-state index in [0.717, 1.165) is 31.7 Å². The first-order chi connectivity index (χ1) is 12.8. The summed E-state index contributed by atoms with van der Waals surface area (Å²) in [5.41, 5.74) is 5.29. The van der Waals surface area contributed by atoms with Crippen molar-refractivity contribution in [1.82, 2.24) is 4.90 Å². The molecule has 2 aromatic carbocycles. The van der Waals surface area contributed by atoms with Crippen LogP contribution in [0.4, 0.5) is 5.69 Å². The van der Waals surface area contributed by atoms with Crippen LogP contribution in [0.25, 0.3) is 0 Å². The number of benzene rings is 1. The van der Waals surface area contributed by atoms with Crippen molar-refractivity contribution in [3.8, 4) is 5.75 Å². The molecule has 0 aromatic heterocycles. The lowest BCUT2D eigenvalue weighted by molar-refractivity contribution is 0.249. The Bertz CT molecular complexity index is 869. The first kappa shape index (κ1) is 19.4. The molecule has 0 unspecified atom stereocenters. The summed E-state index contributed by atoms with van der Waals surface area (Å²) in [5, 5.41) is 10.1. The summed E-state index contributed by atoms with van der Waals surface area (Å²) in [6.07, 6.45) is 0. The van der Waals surface area contributed by atoms with Crippen LogP contribution in [0.5, 0.6) is 5.75 Å². The van der Waals surface area contributed by atoms with Crippen molar-refractivity contribution >= 4 is 5.69 Å². The van der Waals surface area contributed by atoms with Gasteiger partial charge >= 0.3 is 0 Å². The average Bonchev–Trinajstić information content (AvgIpc) is 2.78. The average molecular weight is 367 g/mol. The molecule has 144 valence electrons. The SMILES string of the molecule is Cc1ccc(C)c(N2CCN(Cc3ccc(C(C)C)cc(O)c3=O)CC2)c1. The fourth-order valence-electron chi connectivity index (χ4n) is 3.64. The van der Waals surface area contributed by atoms with Gasteiger partial charge in [0.05, 0.1) is 0 Å². The number of nitrogens with zero attached hydrogens (tertiary/aromatic N) is 2. The summed E-state index contributed by atoms with van der Waals surface area (Å²) in [5.74, 6) is 0.129. The first-order valence-electron chi connectivity index (χ1n) is 9.76. The fraction of sp³-hybridized carbons (Fsp3) is 0.435. The molecule has 3 rings (SSSR count). The molecule has 0 spiro atoms. The van der Waals surface area contributed by atoms with E-state index in [2.05, 4.69) is 55.7 Å². The molecular formula is C23H30N2O2. The lowest BCUT2D eigenvalue weighted by Crippen LogP contribution is -2.46. The molecule has 1 N–H and O–H groups in total. The van der Waals surface area contributed by atoms with Crippen molar-refractivity contribution in [1.29, 1.82) is 0 Å². The Hall–Kier alpha value is -2.33. The highest BCUT2D eigenvalue weighted by Gasteiger charge is 2.19. The van der Waals surface area contributed by atoms with E-state index in [9.17, 15) is 9.90 Å². The van der Waals surface area contributed by atoms with Gasteiger partial charge in [0.2, 0.25) is 5.43 Å². The zero-order chi connectivity index (χ0) is 19.6. The van der Waals surface area contributed by atoms with Gasteiger partial charge in [0.1, 0.15) is 0 Å². The van der Waals surface area contributed by atoms with Crippen molar-refractivity contribution in [2.45, 2.75) is 40.2 Å². The van der Waals surface area contributed by atoms with Crippen LogP contribution in [0, 0.1) is 13.8 Å². The molecule has 1 heterocycles. The van der Waals surface area contributed by atoms with E-state index < -0.39 is 0 Å². The second-order valence-electron chi connectivity index (χ2n) is 7.93. The summed E-state index contributed by atoms with van der Waals surface area (Å²) in [6, 6.07) is 12.0. The number of hydrogen-bond acceptors (Lipinski definition) is 4. The summed E-state index contributed by atoms with van der Waals surface area (Å²) >= 11 is 0. The molecule has 4 heteroatoms. The largest absolute Gasteiger partial charge is 0.504 e. The number of piperazine rings is 1. The second kappa shape index (κ2) is 8.13. The zero-order valence-electron chi connectivity index (χ0n) is 16.8. The molecule has 0 aliphatic carbocycles. The molecule has 0 bridgehead atoms. The van der Waals surface area contributed by atoms with E-state index >= 15 is 0 Å². The molecule has 1 saturated heterocycles. The lowest BCUT2D eigenvalue weighted by Gasteiger charge is -2.36. The Labute approximate surface area is 162 Å². The maximum Gasteiger partial charge on any atom is 0.224 e. The second-order valence-corrected chi connectivity index (χ2v) is 7.93. The fourth-order valence-corrected chi connectivity index (χ4v) is 3.64. The molecule has 0 amide bonds. The topological polar surface area (TPSA) is 43.8 Å². The third-order valence-electron chi connectivity index (χ3n) is 5.44.